The molecule has 0 atom stereocenters. The van der Waals surface area contributed by atoms with E-state index in [1.54, 1.807) is 0 Å². The zero-order valence-electron chi connectivity index (χ0n) is 9.06. The van der Waals surface area contributed by atoms with Gasteiger partial charge in [0.2, 0.25) is 0 Å². The number of esters is 1. The second-order valence-electron chi connectivity index (χ2n) is 3.50. The summed E-state index contributed by atoms with van der Waals surface area (Å²) in [5.41, 5.74) is 0. The van der Waals surface area contributed by atoms with Crippen molar-refractivity contribution in [3.63, 3.8) is 0 Å². The summed E-state index contributed by atoms with van der Waals surface area (Å²) in [6, 6.07) is -0.0185. The summed E-state index contributed by atoms with van der Waals surface area (Å²) in [6.45, 7) is 2.21. The number of carbonyl (C=O) groups excluding carboxylic acids is 1. The van der Waals surface area contributed by atoms with Crippen LogP contribution in [0.1, 0.15) is 58.3 Å². The maximum atomic E-state index is 10.9. The van der Waals surface area contributed by atoms with Crippen LogP contribution in [0.15, 0.2) is 0 Å². The number of alkyl halides is 1. The summed E-state index contributed by atoms with van der Waals surface area (Å²) in [5, 5.41) is 0. The molecule has 0 aromatic rings. The summed E-state index contributed by atoms with van der Waals surface area (Å²) >= 11 is 5.25. The standard InChI is InChI=1S/C11H21ClO2/c1-2-3-4-5-6-7-8-9-11(13)14-10-12/h2-10H2,1H3. The van der Waals surface area contributed by atoms with Gasteiger partial charge in [-0.3, -0.25) is 4.79 Å². The lowest BCUT2D eigenvalue weighted by Crippen LogP contribution is -2.01. The van der Waals surface area contributed by atoms with Gasteiger partial charge in [0.15, 0.2) is 6.07 Å². The van der Waals surface area contributed by atoms with Crippen molar-refractivity contribution in [2.24, 2.45) is 0 Å². The fraction of sp³-hybridized carbons (Fsp3) is 0.909. The molecule has 14 heavy (non-hydrogen) atoms. The third-order valence-electron chi connectivity index (χ3n) is 2.20. The van der Waals surface area contributed by atoms with E-state index in [4.69, 9.17) is 11.6 Å². The highest BCUT2D eigenvalue weighted by molar-refractivity contribution is 6.17. The molecule has 0 aromatic heterocycles. The van der Waals surface area contributed by atoms with Crippen molar-refractivity contribution in [1.29, 1.82) is 0 Å². The molecule has 0 aromatic carbocycles. The summed E-state index contributed by atoms with van der Waals surface area (Å²) < 4.78 is 4.61. The van der Waals surface area contributed by atoms with Crippen molar-refractivity contribution in [1.82, 2.24) is 0 Å². The monoisotopic (exact) mass is 220 g/mol. The van der Waals surface area contributed by atoms with E-state index in [0.717, 1.165) is 12.8 Å². The summed E-state index contributed by atoms with van der Waals surface area (Å²) in [5.74, 6) is -0.173. The van der Waals surface area contributed by atoms with Gasteiger partial charge in [-0.2, -0.15) is 0 Å². The van der Waals surface area contributed by atoms with Gasteiger partial charge in [0.05, 0.1) is 0 Å². The van der Waals surface area contributed by atoms with Crippen LogP contribution >= 0.6 is 11.6 Å². The first-order valence-electron chi connectivity index (χ1n) is 5.52. The highest BCUT2D eigenvalue weighted by Crippen LogP contribution is 2.08. The lowest BCUT2D eigenvalue weighted by molar-refractivity contribution is -0.141. The molecular formula is C11H21ClO2. The lowest BCUT2D eigenvalue weighted by atomic mass is 10.1. The number of hydrogen-bond donors (Lipinski definition) is 0. The van der Waals surface area contributed by atoms with Crippen LogP contribution in [0.25, 0.3) is 0 Å². The number of rotatable bonds is 9. The third kappa shape index (κ3) is 9.85. The van der Waals surface area contributed by atoms with E-state index < -0.39 is 0 Å². The van der Waals surface area contributed by atoms with Gasteiger partial charge >= 0.3 is 5.97 Å². The van der Waals surface area contributed by atoms with E-state index in [-0.39, 0.29) is 12.0 Å². The molecule has 0 bridgehead atoms. The molecule has 0 heterocycles. The second-order valence-corrected chi connectivity index (χ2v) is 3.71. The van der Waals surface area contributed by atoms with Gasteiger partial charge in [0.1, 0.15) is 0 Å². The van der Waals surface area contributed by atoms with Crippen LogP contribution in [-0.2, 0) is 9.53 Å². The maximum Gasteiger partial charge on any atom is 0.306 e. The van der Waals surface area contributed by atoms with E-state index in [2.05, 4.69) is 11.7 Å². The van der Waals surface area contributed by atoms with Crippen molar-refractivity contribution < 1.29 is 9.53 Å². The van der Waals surface area contributed by atoms with Gasteiger partial charge in [-0.15, -0.1) is 0 Å². The molecule has 0 saturated heterocycles. The zero-order chi connectivity index (χ0) is 10.6. The number of ether oxygens (including phenoxy) is 1. The fourth-order valence-corrected chi connectivity index (χ4v) is 1.48. The van der Waals surface area contributed by atoms with Crippen molar-refractivity contribution in [2.75, 3.05) is 6.07 Å². The Labute approximate surface area is 92.0 Å². The molecule has 0 aliphatic heterocycles. The Bertz CT molecular complexity index is 137. The normalized spacial score (nSPS) is 10.1. The smallest absolute Gasteiger partial charge is 0.306 e. The minimum atomic E-state index is -0.173. The Balaban J connectivity index is 3.01. The Morgan fingerprint density at radius 3 is 2.21 bits per heavy atom. The first kappa shape index (κ1) is 13.8. The van der Waals surface area contributed by atoms with E-state index in [1.807, 2.05) is 0 Å². The van der Waals surface area contributed by atoms with Crippen LogP contribution in [0, 0.1) is 0 Å². The molecule has 0 rings (SSSR count). The number of carbonyl (C=O) groups is 1. The predicted molar refractivity (Wildman–Crippen MR) is 59.4 cm³/mol. The molecular weight excluding hydrogens is 200 g/mol. The minimum Gasteiger partial charge on any atom is -0.449 e. The minimum absolute atomic E-state index is 0.0185. The van der Waals surface area contributed by atoms with E-state index >= 15 is 0 Å². The first-order chi connectivity index (χ1) is 6.81. The molecule has 84 valence electrons. The number of hydrogen-bond acceptors (Lipinski definition) is 2. The van der Waals surface area contributed by atoms with Crippen LogP contribution in [0.2, 0.25) is 0 Å². The SMILES string of the molecule is CCCCCCCCCC(=O)OCCl. The Morgan fingerprint density at radius 2 is 1.64 bits per heavy atom. The van der Waals surface area contributed by atoms with Crippen LogP contribution < -0.4 is 0 Å². The summed E-state index contributed by atoms with van der Waals surface area (Å²) in [6.07, 6.45) is 9.02. The van der Waals surface area contributed by atoms with E-state index in [9.17, 15) is 4.79 Å². The van der Waals surface area contributed by atoms with Crippen LogP contribution in [-0.4, -0.2) is 12.0 Å². The molecule has 0 spiro atoms. The molecule has 0 N–H and O–H groups in total. The highest BCUT2D eigenvalue weighted by Gasteiger charge is 2.00. The third-order valence-corrected chi connectivity index (χ3v) is 2.31. The quantitative estimate of drug-likeness (QED) is 0.335. The van der Waals surface area contributed by atoms with E-state index in [0.29, 0.717) is 6.42 Å². The lowest BCUT2D eigenvalue weighted by Gasteiger charge is -2.01. The molecule has 0 radical (unpaired) electrons. The highest BCUT2D eigenvalue weighted by atomic mass is 35.5. The Morgan fingerprint density at radius 1 is 1.07 bits per heavy atom. The predicted octanol–water partition coefficient (Wildman–Crippen LogP) is 3.87. The van der Waals surface area contributed by atoms with Gasteiger partial charge in [0.25, 0.3) is 0 Å². The van der Waals surface area contributed by atoms with Crippen molar-refractivity contribution in [2.45, 2.75) is 58.3 Å². The van der Waals surface area contributed by atoms with Crippen molar-refractivity contribution in [3.8, 4) is 0 Å². The molecule has 0 amide bonds. The van der Waals surface area contributed by atoms with Gasteiger partial charge in [-0.1, -0.05) is 57.0 Å². The average molecular weight is 221 g/mol. The Kier molecular flexibility index (Phi) is 10.7. The summed E-state index contributed by atoms with van der Waals surface area (Å²) in [7, 11) is 0. The van der Waals surface area contributed by atoms with Crippen molar-refractivity contribution >= 4 is 17.6 Å². The summed E-state index contributed by atoms with van der Waals surface area (Å²) in [4.78, 5) is 10.9. The molecule has 2 nitrogen and oxygen atoms in total. The van der Waals surface area contributed by atoms with Gasteiger partial charge in [-0.05, 0) is 6.42 Å². The molecule has 0 aliphatic carbocycles. The van der Waals surface area contributed by atoms with Gasteiger partial charge < -0.3 is 4.74 Å². The first-order valence-corrected chi connectivity index (χ1v) is 6.06. The number of unbranched alkanes of at least 4 members (excludes halogenated alkanes) is 6. The van der Waals surface area contributed by atoms with Crippen LogP contribution in [0.5, 0.6) is 0 Å². The average Bonchev–Trinajstić information content (AvgIpc) is 2.17. The fourth-order valence-electron chi connectivity index (χ4n) is 1.36. The molecule has 0 fully saturated rings. The van der Waals surface area contributed by atoms with Crippen molar-refractivity contribution in [3.05, 3.63) is 0 Å². The molecule has 0 saturated carbocycles. The molecule has 0 unspecified atom stereocenters. The molecule has 0 aliphatic rings. The molecule has 3 heteroatoms. The maximum absolute atomic E-state index is 10.9. The van der Waals surface area contributed by atoms with Crippen LogP contribution in [0.3, 0.4) is 0 Å². The van der Waals surface area contributed by atoms with Crippen LogP contribution in [0.4, 0.5) is 0 Å². The second kappa shape index (κ2) is 10.8. The Hall–Kier alpha value is -0.240. The van der Waals surface area contributed by atoms with Gasteiger partial charge in [0, 0.05) is 6.42 Å². The van der Waals surface area contributed by atoms with E-state index in [1.165, 1.54) is 32.1 Å². The number of halogens is 1. The van der Waals surface area contributed by atoms with Gasteiger partial charge in [-0.25, -0.2) is 0 Å². The topological polar surface area (TPSA) is 26.3 Å². The zero-order valence-corrected chi connectivity index (χ0v) is 9.81. The largest absolute Gasteiger partial charge is 0.449 e.